The summed E-state index contributed by atoms with van der Waals surface area (Å²) in [7, 11) is 0. The fourth-order valence-corrected chi connectivity index (χ4v) is 5.44. The van der Waals surface area contributed by atoms with Crippen LogP contribution in [0.2, 0.25) is 5.02 Å². The molecule has 8 nitrogen and oxygen atoms in total. The lowest BCUT2D eigenvalue weighted by molar-refractivity contribution is -0.142. The minimum absolute atomic E-state index is 0.0323. The Kier molecular flexibility index (Phi) is 10.6. The predicted molar refractivity (Wildman–Crippen MR) is 159 cm³/mol. The Balaban J connectivity index is 1.65. The van der Waals surface area contributed by atoms with Crippen molar-refractivity contribution in [2.45, 2.75) is 31.6 Å². The van der Waals surface area contributed by atoms with Gasteiger partial charge in [-0.05, 0) is 42.2 Å². The number of halogens is 1. The number of rotatable bonds is 13. The lowest BCUT2D eigenvalue weighted by Gasteiger charge is -2.31. The second kappa shape index (κ2) is 14.6. The molecule has 0 amide bonds. The van der Waals surface area contributed by atoms with Crippen molar-refractivity contribution < 1.29 is 34.1 Å². The van der Waals surface area contributed by atoms with Crippen LogP contribution in [0.3, 0.4) is 0 Å². The van der Waals surface area contributed by atoms with Crippen LogP contribution in [0.5, 0.6) is 0 Å². The van der Waals surface area contributed by atoms with Gasteiger partial charge in [0.25, 0.3) is 0 Å². The molecule has 2 N–H and O–H groups in total. The summed E-state index contributed by atoms with van der Waals surface area (Å²) >= 11 is 6.27. The van der Waals surface area contributed by atoms with E-state index < -0.39 is 29.7 Å². The molecule has 0 spiro atoms. The minimum Gasteiger partial charge on any atom is -0.481 e. The fourth-order valence-electron chi connectivity index (χ4n) is 5.24. The molecule has 0 radical (unpaired) electrons. The molecule has 0 saturated heterocycles. The first-order valence-electron chi connectivity index (χ1n) is 13.6. The minimum atomic E-state index is -1.15. The highest BCUT2D eigenvalue weighted by Gasteiger charge is 2.42. The van der Waals surface area contributed by atoms with Gasteiger partial charge in [-0.25, -0.2) is 4.79 Å². The molecule has 1 aliphatic rings. The molecule has 4 rings (SSSR count). The Hall–Kier alpha value is -4.27. The molecule has 9 heteroatoms. The number of carbonyl (C=O) groups is 3. The van der Waals surface area contributed by atoms with Crippen molar-refractivity contribution >= 4 is 35.2 Å². The molecule has 0 bridgehead atoms. The van der Waals surface area contributed by atoms with Crippen LogP contribution < -0.4 is 0 Å². The summed E-state index contributed by atoms with van der Waals surface area (Å²) < 4.78 is 11.4. The van der Waals surface area contributed by atoms with Crippen LogP contribution in [-0.2, 0) is 23.9 Å². The maximum Gasteiger partial charge on any atom is 0.336 e. The van der Waals surface area contributed by atoms with Gasteiger partial charge in [0.15, 0.2) is 0 Å². The second-order valence-electron chi connectivity index (χ2n) is 9.96. The highest BCUT2D eigenvalue weighted by molar-refractivity contribution is 6.30. The summed E-state index contributed by atoms with van der Waals surface area (Å²) in [4.78, 5) is 41.7. The molecule has 3 aromatic carbocycles. The Labute approximate surface area is 249 Å². The van der Waals surface area contributed by atoms with Gasteiger partial charge in [0.05, 0.1) is 37.5 Å². The molecule has 1 aliphatic heterocycles. The highest BCUT2D eigenvalue weighted by atomic mass is 35.5. The van der Waals surface area contributed by atoms with Crippen LogP contribution in [0.25, 0.3) is 0 Å². The van der Waals surface area contributed by atoms with E-state index in [1.165, 1.54) is 0 Å². The van der Waals surface area contributed by atoms with Gasteiger partial charge < -0.3 is 19.7 Å². The largest absolute Gasteiger partial charge is 0.481 e. The van der Waals surface area contributed by atoms with Crippen LogP contribution in [0.4, 0.5) is 0 Å². The number of carboxylic acids is 2. The summed E-state index contributed by atoms with van der Waals surface area (Å²) in [6.07, 6.45) is 0.259. The zero-order valence-electron chi connectivity index (χ0n) is 23.1. The number of carboxylic acid groups (broad SMARTS) is 2. The number of nitrogens with zero attached hydrogens (tertiary/aromatic N) is 1. The average molecular weight is 590 g/mol. The van der Waals surface area contributed by atoms with E-state index in [1.807, 2.05) is 60.7 Å². The van der Waals surface area contributed by atoms with E-state index in [1.54, 1.807) is 31.2 Å². The predicted octanol–water partition coefficient (Wildman–Crippen LogP) is 6.11. The summed E-state index contributed by atoms with van der Waals surface area (Å²) in [5, 5.41) is 19.6. The van der Waals surface area contributed by atoms with Gasteiger partial charge in [0, 0.05) is 22.6 Å². The van der Waals surface area contributed by atoms with E-state index in [-0.39, 0.29) is 49.1 Å². The topological polar surface area (TPSA) is 122 Å². The number of aliphatic carboxylic acids is 2. The Morgan fingerprint density at radius 1 is 0.905 bits per heavy atom. The smallest absolute Gasteiger partial charge is 0.336 e. The summed E-state index contributed by atoms with van der Waals surface area (Å²) in [5.74, 6) is -5.00. The maximum atomic E-state index is 13.8. The number of carbonyl (C=O) groups excluding carboxylic acids is 1. The molecule has 1 heterocycles. The van der Waals surface area contributed by atoms with Gasteiger partial charge in [-0.2, -0.15) is 0 Å². The van der Waals surface area contributed by atoms with Crippen LogP contribution in [-0.4, -0.2) is 53.7 Å². The van der Waals surface area contributed by atoms with E-state index in [2.05, 4.69) is 4.99 Å². The number of esters is 1. The van der Waals surface area contributed by atoms with Crippen molar-refractivity contribution in [1.82, 2.24) is 0 Å². The number of benzene rings is 3. The summed E-state index contributed by atoms with van der Waals surface area (Å²) in [6.45, 7) is 1.36. The van der Waals surface area contributed by atoms with E-state index in [9.17, 15) is 19.5 Å². The lowest BCUT2D eigenvalue weighted by Crippen LogP contribution is -2.36. The Bertz CT molecular complexity index is 1430. The van der Waals surface area contributed by atoms with Crippen molar-refractivity contribution in [1.29, 1.82) is 0 Å². The van der Waals surface area contributed by atoms with Crippen LogP contribution >= 0.6 is 11.6 Å². The van der Waals surface area contributed by atoms with Crippen LogP contribution in [0, 0.1) is 5.92 Å². The normalized spacial score (nSPS) is 16.7. The maximum absolute atomic E-state index is 13.8. The van der Waals surface area contributed by atoms with Gasteiger partial charge in [0.1, 0.15) is 5.92 Å². The van der Waals surface area contributed by atoms with E-state index in [0.717, 1.165) is 11.1 Å². The SMILES string of the molecule is CC1=NC(COCCC(=O)O)=C(C(=O)OCCC(c2ccccc2)c2ccccc2)C(c2cccc(Cl)c2)C1C(=O)O. The molecule has 0 saturated carbocycles. The monoisotopic (exact) mass is 589 g/mol. The van der Waals surface area contributed by atoms with Gasteiger partial charge in [-0.1, -0.05) is 84.4 Å². The molecule has 0 aromatic heterocycles. The summed E-state index contributed by atoms with van der Waals surface area (Å²) in [5.41, 5.74) is 3.22. The average Bonchev–Trinajstić information content (AvgIpc) is 2.97. The molecule has 2 unspecified atom stereocenters. The molecule has 0 fully saturated rings. The number of aliphatic imine (C=N–C) groups is 1. The molecule has 2 atom stereocenters. The fraction of sp³-hybridized carbons (Fsp3) is 0.273. The first-order valence-corrected chi connectivity index (χ1v) is 14.0. The molecule has 3 aromatic rings. The van der Waals surface area contributed by atoms with E-state index in [4.69, 9.17) is 26.2 Å². The van der Waals surface area contributed by atoms with Crippen LogP contribution in [0.15, 0.2) is 101 Å². The zero-order valence-corrected chi connectivity index (χ0v) is 23.9. The van der Waals surface area contributed by atoms with Gasteiger partial charge in [-0.15, -0.1) is 0 Å². The van der Waals surface area contributed by atoms with Gasteiger partial charge in [-0.3, -0.25) is 14.6 Å². The van der Waals surface area contributed by atoms with E-state index >= 15 is 0 Å². The third kappa shape index (κ3) is 7.72. The number of hydrogen-bond acceptors (Lipinski definition) is 6. The molecular weight excluding hydrogens is 558 g/mol. The van der Waals surface area contributed by atoms with Crippen molar-refractivity contribution in [3.05, 3.63) is 118 Å². The molecule has 218 valence electrons. The highest BCUT2D eigenvalue weighted by Crippen LogP contribution is 2.40. The quantitative estimate of drug-likeness (QED) is 0.182. The van der Waals surface area contributed by atoms with E-state index in [0.29, 0.717) is 17.0 Å². The first kappa shape index (κ1) is 30.7. The molecular formula is C33H32ClNO7. The third-order valence-corrected chi connectivity index (χ3v) is 7.39. The van der Waals surface area contributed by atoms with Crippen molar-refractivity contribution in [3.8, 4) is 0 Å². The second-order valence-corrected chi connectivity index (χ2v) is 10.4. The number of ether oxygens (including phenoxy) is 2. The van der Waals surface area contributed by atoms with Gasteiger partial charge in [0.2, 0.25) is 0 Å². The molecule has 42 heavy (non-hydrogen) atoms. The first-order chi connectivity index (χ1) is 20.3. The number of hydrogen-bond donors (Lipinski definition) is 2. The standard InChI is InChI=1S/C33H32ClNO7/c1-21-29(32(38)39)30(24-13-8-14-25(34)19-24)31(27(35-21)20-41-17-16-28(36)37)33(40)42-18-15-26(22-9-4-2-5-10-22)23-11-6-3-7-12-23/h2-14,19,26,29-30H,15-18,20H2,1H3,(H,36,37)(H,38,39). The molecule has 0 aliphatic carbocycles. The zero-order chi connectivity index (χ0) is 30.1. The summed E-state index contributed by atoms with van der Waals surface area (Å²) in [6, 6.07) is 26.5. The van der Waals surface area contributed by atoms with Crippen LogP contribution in [0.1, 0.15) is 48.3 Å². The lowest BCUT2D eigenvalue weighted by atomic mass is 9.75. The Morgan fingerprint density at radius 2 is 1.55 bits per heavy atom. The van der Waals surface area contributed by atoms with Crippen molar-refractivity contribution in [2.75, 3.05) is 19.8 Å². The van der Waals surface area contributed by atoms with Crippen molar-refractivity contribution in [3.63, 3.8) is 0 Å². The van der Waals surface area contributed by atoms with Crippen molar-refractivity contribution in [2.24, 2.45) is 10.9 Å². The van der Waals surface area contributed by atoms with Gasteiger partial charge >= 0.3 is 17.9 Å². The third-order valence-electron chi connectivity index (χ3n) is 7.15. The Morgan fingerprint density at radius 3 is 2.12 bits per heavy atom.